The minimum absolute atomic E-state index is 0.0155. The third kappa shape index (κ3) is 7.22. The Bertz CT molecular complexity index is 935. The van der Waals surface area contributed by atoms with Crippen LogP contribution in [-0.2, 0) is 16.1 Å². The van der Waals surface area contributed by atoms with Crippen molar-refractivity contribution >= 4 is 5.97 Å². The maximum Gasteiger partial charge on any atom is 0.340 e. The van der Waals surface area contributed by atoms with E-state index in [9.17, 15) is 15.0 Å². The number of aliphatic hydroxyl groups is 2. The molecule has 3 rings (SSSR count). The minimum atomic E-state index is -1.13. The average molecular weight is 495 g/mol. The van der Waals surface area contributed by atoms with Crippen molar-refractivity contribution in [2.45, 2.75) is 44.9 Å². The zero-order chi connectivity index (χ0) is 26.0. The number of rotatable bonds is 9. The van der Waals surface area contributed by atoms with Gasteiger partial charge in [-0.3, -0.25) is 0 Å². The first-order valence-corrected chi connectivity index (χ1v) is 11.0. The Labute approximate surface area is 204 Å². The molecule has 3 N–H and O–H groups in total. The summed E-state index contributed by atoms with van der Waals surface area (Å²) in [5.74, 6) is -0.223. The van der Waals surface area contributed by atoms with Crippen LogP contribution in [0.25, 0.3) is 0 Å². The van der Waals surface area contributed by atoms with Crippen LogP contribution in [0.3, 0.4) is 0 Å². The number of aliphatic hydroxyl groups excluding tert-OH is 2. The second-order valence-electron chi connectivity index (χ2n) is 7.74. The topological polar surface area (TPSA) is 133 Å². The van der Waals surface area contributed by atoms with Crippen molar-refractivity contribution < 1.29 is 48.5 Å². The summed E-state index contributed by atoms with van der Waals surface area (Å²) < 4.78 is 32.0. The molecule has 1 fully saturated rings. The summed E-state index contributed by atoms with van der Waals surface area (Å²) in [6, 6.07) is 9.59. The van der Waals surface area contributed by atoms with Crippen molar-refractivity contribution in [1.29, 1.82) is 0 Å². The lowest BCUT2D eigenvalue weighted by Gasteiger charge is -2.30. The molecular weight excluding hydrogens is 460 g/mol. The smallest absolute Gasteiger partial charge is 0.340 e. The summed E-state index contributed by atoms with van der Waals surface area (Å²) in [6.07, 6.45) is -0.0611. The SMILES string of the molecule is COC1CC(O)CC(CO)O1.COc1c(C)c(C(=O)O)c(OC)c(OC)c1OCc1ccccc1. The molecule has 0 spiro atoms. The van der Waals surface area contributed by atoms with Gasteiger partial charge >= 0.3 is 5.97 Å². The second kappa shape index (κ2) is 13.7. The number of methoxy groups -OCH3 is 4. The molecule has 1 aliphatic rings. The molecule has 2 aromatic carbocycles. The Morgan fingerprint density at radius 1 is 0.971 bits per heavy atom. The Morgan fingerprint density at radius 3 is 2.11 bits per heavy atom. The number of aromatic carboxylic acids is 1. The molecule has 35 heavy (non-hydrogen) atoms. The Kier molecular flexibility index (Phi) is 11.1. The number of hydrogen-bond acceptors (Lipinski definition) is 9. The highest BCUT2D eigenvalue weighted by molar-refractivity contribution is 5.96. The van der Waals surface area contributed by atoms with E-state index in [2.05, 4.69) is 0 Å². The van der Waals surface area contributed by atoms with Gasteiger partial charge in [0.25, 0.3) is 0 Å². The van der Waals surface area contributed by atoms with E-state index in [1.165, 1.54) is 28.4 Å². The van der Waals surface area contributed by atoms with Gasteiger partial charge in [-0.1, -0.05) is 30.3 Å². The van der Waals surface area contributed by atoms with Crippen LogP contribution in [0.4, 0.5) is 0 Å². The molecule has 3 atom stereocenters. The predicted octanol–water partition coefficient (Wildman–Crippen LogP) is 2.79. The highest BCUT2D eigenvalue weighted by atomic mass is 16.7. The van der Waals surface area contributed by atoms with Crippen LogP contribution in [0.15, 0.2) is 30.3 Å². The van der Waals surface area contributed by atoms with Crippen LogP contribution in [0.5, 0.6) is 23.0 Å². The summed E-state index contributed by atoms with van der Waals surface area (Å²) in [5.41, 5.74) is 1.35. The molecule has 0 amide bonds. The number of carbonyl (C=O) groups is 1. The van der Waals surface area contributed by atoms with Crippen molar-refractivity contribution in [3.63, 3.8) is 0 Å². The molecule has 10 nitrogen and oxygen atoms in total. The van der Waals surface area contributed by atoms with Gasteiger partial charge < -0.3 is 43.7 Å². The fourth-order valence-electron chi connectivity index (χ4n) is 3.74. The van der Waals surface area contributed by atoms with Crippen LogP contribution in [0, 0.1) is 6.92 Å². The van der Waals surface area contributed by atoms with E-state index in [0.717, 1.165) is 5.56 Å². The number of hydrogen-bond donors (Lipinski definition) is 3. The summed E-state index contributed by atoms with van der Waals surface area (Å²) >= 11 is 0. The fourth-order valence-corrected chi connectivity index (χ4v) is 3.74. The molecular formula is C25H34O10. The zero-order valence-corrected chi connectivity index (χ0v) is 20.6. The molecule has 1 aliphatic heterocycles. The highest BCUT2D eigenvalue weighted by Gasteiger charge is 2.29. The van der Waals surface area contributed by atoms with Crippen LogP contribution in [0.1, 0.15) is 34.3 Å². The molecule has 0 saturated carbocycles. The van der Waals surface area contributed by atoms with Crippen LogP contribution >= 0.6 is 0 Å². The van der Waals surface area contributed by atoms with E-state index >= 15 is 0 Å². The van der Waals surface area contributed by atoms with Gasteiger partial charge in [-0.25, -0.2) is 4.79 Å². The van der Waals surface area contributed by atoms with E-state index in [4.69, 9.17) is 33.5 Å². The molecule has 3 unspecified atom stereocenters. The maximum absolute atomic E-state index is 11.6. The van der Waals surface area contributed by atoms with E-state index in [0.29, 0.717) is 29.9 Å². The van der Waals surface area contributed by atoms with Gasteiger partial charge in [0, 0.05) is 25.5 Å². The van der Waals surface area contributed by atoms with E-state index in [1.807, 2.05) is 30.3 Å². The first kappa shape index (κ1) is 28.2. The van der Waals surface area contributed by atoms with Gasteiger partial charge in [-0.2, -0.15) is 0 Å². The number of ether oxygens (including phenoxy) is 6. The normalized spacial score (nSPS) is 19.2. The molecule has 1 heterocycles. The second-order valence-corrected chi connectivity index (χ2v) is 7.74. The van der Waals surface area contributed by atoms with Crippen molar-refractivity contribution in [1.82, 2.24) is 0 Å². The van der Waals surface area contributed by atoms with Crippen LogP contribution < -0.4 is 18.9 Å². The summed E-state index contributed by atoms with van der Waals surface area (Å²) in [7, 11) is 5.79. The van der Waals surface area contributed by atoms with Crippen molar-refractivity contribution in [2.24, 2.45) is 0 Å². The zero-order valence-electron chi connectivity index (χ0n) is 20.6. The predicted molar refractivity (Wildman–Crippen MR) is 127 cm³/mol. The van der Waals surface area contributed by atoms with E-state index in [-0.39, 0.29) is 42.7 Å². The molecule has 10 heteroatoms. The first-order valence-electron chi connectivity index (χ1n) is 11.0. The lowest BCUT2D eigenvalue weighted by atomic mass is 10.0. The molecule has 0 aromatic heterocycles. The van der Waals surface area contributed by atoms with Gasteiger partial charge in [-0.15, -0.1) is 0 Å². The summed E-state index contributed by atoms with van der Waals surface area (Å²) in [4.78, 5) is 11.6. The third-order valence-corrected chi connectivity index (χ3v) is 5.42. The Balaban J connectivity index is 0.000000328. The van der Waals surface area contributed by atoms with Gasteiger partial charge in [0.2, 0.25) is 11.5 Å². The molecule has 2 aromatic rings. The van der Waals surface area contributed by atoms with Crippen molar-refractivity contribution in [2.75, 3.05) is 35.0 Å². The maximum atomic E-state index is 11.6. The molecule has 0 aliphatic carbocycles. The quantitative estimate of drug-likeness (QED) is 0.478. The number of carboxylic acid groups (broad SMARTS) is 1. The van der Waals surface area contributed by atoms with E-state index < -0.39 is 12.1 Å². The lowest BCUT2D eigenvalue weighted by molar-refractivity contribution is -0.210. The molecule has 0 bridgehead atoms. The van der Waals surface area contributed by atoms with Gasteiger partial charge in [0.05, 0.1) is 40.1 Å². The monoisotopic (exact) mass is 494 g/mol. The third-order valence-electron chi connectivity index (χ3n) is 5.42. The number of carboxylic acids is 1. The molecule has 1 saturated heterocycles. The summed E-state index contributed by atoms with van der Waals surface area (Å²) in [6.45, 7) is 1.86. The van der Waals surface area contributed by atoms with Crippen LogP contribution in [0.2, 0.25) is 0 Å². The van der Waals surface area contributed by atoms with Crippen LogP contribution in [-0.4, -0.2) is 74.8 Å². The van der Waals surface area contributed by atoms with Gasteiger partial charge in [-0.05, 0) is 12.5 Å². The average Bonchev–Trinajstić information content (AvgIpc) is 2.87. The largest absolute Gasteiger partial charge is 0.492 e. The first-order chi connectivity index (χ1) is 16.8. The minimum Gasteiger partial charge on any atom is -0.492 e. The fraction of sp³-hybridized carbons (Fsp3) is 0.480. The lowest BCUT2D eigenvalue weighted by Crippen LogP contribution is -2.38. The van der Waals surface area contributed by atoms with E-state index in [1.54, 1.807) is 6.92 Å². The summed E-state index contributed by atoms with van der Waals surface area (Å²) in [5, 5.41) is 27.5. The van der Waals surface area contributed by atoms with Gasteiger partial charge in [0.15, 0.2) is 17.8 Å². The standard InChI is InChI=1S/C18H20O6.C7H14O4/c1-11-13(18(19)20)15(22-3)16(23-4)17(14(11)21-2)24-10-12-8-6-5-7-9-12;1-10-7-3-5(9)2-6(4-8)11-7/h5-9H,10H2,1-4H3,(H,19,20);5-9H,2-4H2,1H3. The highest BCUT2D eigenvalue weighted by Crippen LogP contribution is 2.49. The Morgan fingerprint density at radius 2 is 1.60 bits per heavy atom. The molecule has 0 radical (unpaired) electrons. The molecule has 194 valence electrons. The van der Waals surface area contributed by atoms with Crippen molar-refractivity contribution in [3.8, 4) is 23.0 Å². The van der Waals surface area contributed by atoms with Gasteiger partial charge in [0.1, 0.15) is 12.2 Å². The Hall–Kier alpha value is -3.05. The number of benzene rings is 2. The van der Waals surface area contributed by atoms with Crippen molar-refractivity contribution in [3.05, 3.63) is 47.0 Å².